The third kappa shape index (κ3) is 5.72. The molecular weight excluding hydrogens is 482 g/mol. The van der Waals surface area contributed by atoms with Crippen LogP contribution >= 0.6 is 15.8 Å². The highest BCUT2D eigenvalue weighted by molar-refractivity contribution is 7.75. The molecule has 0 fully saturated rings. The van der Waals surface area contributed by atoms with Crippen molar-refractivity contribution in [3.8, 4) is 0 Å². The normalized spacial score (nSPS) is 15.9. The molecule has 0 saturated carbocycles. The summed E-state index contributed by atoms with van der Waals surface area (Å²) in [4.78, 5) is 0. The van der Waals surface area contributed by atoms with Crippen molar-refractivity contribution in [2.45, 2.75) is 45.9 Å². The minimum Gasteiger partial charge on any atom is -0.0724 e. The van der Waals surface area contributed by atoms with Crippen molar-refractivity contribution < 1.29 is 0 Å². The van der Waals surface area contributed by atoms with E-state index in [1.807, 2.05) is 0 Å². The van der Waals surface area contributed by atoms with Gasteiger partial charge in [0.05, 0.1) is 0 Å². The molecule has 4 aromatic carbocycles. The number of rotatable bonds is 7. The van der Waals surface area contributed by atoms with Crippen LogP contribution in [0.4, 0.5) is 0 Å². The summed E-state index contributed by atoms with van der Waals surface area (Å²) in [5, 5.41) is 5.86. The van der Waals surface area contributed by atoms with Gasteiger partial charge in [-0.15, -0.1) is 0 Å². The standard InChI is InChI=1S/C35H36P2/c1-25-19-26(2)22-32(21-25)36(33-23-27(3)20-28(4)24-33)29(5)34-17-12-18-35(34)37(30-13-8-6-9-14-30)31-15-10-7-11-16-31/h6-24,29,35H,1-5H3/t29?,35-/m1/s1. The molecule has 0 bridgehead atoms. The number of benzene rings is 4. The molecule has 2 heteroatoms. The van der Waals surface area contributed by atoms with Gasteiger partial charge in [-0.1, -0.05) is 150 Å². The Labute approximate surface area is 225 Å². The zero-order valence-corrected chi connectivity index (χ0v) is 24.3. The summed E-state index contributed by atoms with van der Waals surface area (Å²) in [5.41, 5.74) is 7.81. The van der Waals surface area contributed by atoms with Crippen molar-refractivity contribution in [3.05, 3.63) is 143 Å². The van der Waals surface area contributed by atoms with E-state index in [0.29, 0.717) is 11.3 Å². The van der Waals surface area contributed by atoms with E-state index >= 15 is 0 Å². The van der Waals surface area contributed by atoms with Crippen LogP contribution in [0.5, 0.6) is 0 Å². The summed E-state index contributed by atoms with van der Waals surface area (Å²) < 4.78 is 0. The highest BCUT2D eigenvalue weighted by Gasteiger charge is 2.34. The van der Waals surface area contributed by atoms with Gasteiger partial charge in [0.2, 0.25) is 0 Å². The van der Waals surface area contributed by atoms with Crippen LogP contribution < -0.4 is 21.2 Å². The Morgan fingerprint density at radius 1 is 0.568 bits per heavy atom. The summed E-state index contributed by atoms with van der Waals surface area (Å²) in [7, 11) is -1.13. The van der Waals surface area contributed by atoms with Crippen LogP contribution in [0.25, 0.3) is 0 Å². The Balaban J connectivity index is 1.62. The Bertz CT molecular complexity index is 1300. The van der Waals surface area contributed by atoms with E-state index in [0.717, 1.165) is 0 Å². The van der Waals surface area contributed by atoms with E-state index in [9.17, 15) is 0 Å². The fourth-order valence-electron chi connectivity index (χ4n) is 5.68. The van der Waals surface area contributed by atoms with Gasteiger partial charge in [-0.25, -0.2) is 0 Å². The highest BCUT2D eigenvalue weighted by atomic mass is 31.1. The van der Waals surface area contributed by atoms with E-state index in [1.165, 1.54) is 43.5 Å². The van der Waals surface area contributed by atoms with Crippen LogP contribution in [-0.2, 0) is 0 Å². The molecule has 0 nitrogen and oxygen atoms in total. The van der Waals surface area contributed by atoms with Crippen molar-refractivity contribution >= 4 is 37.1 Å². The summed E-state index contributed by atoms with van der Waals surface area (Å²) >= 11 is 0. The molecule has 186 valence electrons. The number of aryl methyl sites for hydroxylation is 4. The Hall–Kier alpha value is -2.78. The number of hydrogen-bond acceptors (Lipinski definition) is 0. The zero-order valence-electron chi connectivity index (χ0n) is 22.5. The lowest BCUT2D eigenvalue weighted by Crippen LogP contribution is -2.28. The second-order valence-electron chi connectivity index (χ2n) is 10.3. The topological polar surface area (TPSA) is 0 Å². The second kappa shape index (κ2) is 11.3. The quantitative estimate of drug-likeness (QED) is 0.220. The molecular formula is C35H36P2. The van der Waals surface area contributed by atoms with Gasteiger partial charge in [-0.05, 0) is 64.8 Å². The lowest BCUT2D eigenvalue weighted by molar-refractivity contribution is 1.07. The third-order valence-electron chi connectivity index (χ3n) is 7.11. The maximum absolute atomic E-state index is 2.48. The van der Waals surface area contributed by atoms with Crippen molar-refractivity contribution in [3.63, 3.8) is 0 Å². The molecule has 1 aliphatic rings. The Morgan fingerprint density at radius 3 is 1.43 bits per heavy atom. The lowest BCUT2D eigenvalue weighted by Gasteiger charge is -2.34. The molecule has 0 radical (unpaired) electrons. The zero-order chi connectivity index (χ0) is 25.9. The van der Waals surface area contributed by atoms with Crippen molar-refractivity contribution in [1.29, 1.82) is 0 Å². The van der Waals surface area contributed by atoms with Gasteiger partial charge in [-0.2, -0.15) is 0 Å². The van der Waals surface area contributed by atoms with Gasteiger partial charge in [0.25, 0.3) is 0 Å². The minimum absolute atomic E-state index is 0.400. The van der Waals surface area contributed by atoms with Crippen molar-refractivity contribution in [2.75, 3.05) is 0 Å². The fraction of sp³-hybridized carbons (Fsp3) is 0.200. The van der Waals surface area contributed by atoms with Crippen LogP contribution in [0.15, 0.2) is 121 Å². The second-order valence-corrected chi connectivity index (χ2v) is 15.2. The largest absolute Gasteiger partial charge is 0.0724 e. The van der Waals surface area contributed by atoms with Crippen LogP contribution in [0, 0.1) is 27.7 Å². The first-order valence-electron chi connectivity index (χ1n) is 13.1. The molecule has 0 aliphatic heterocycles. The Kier molecular flexibility index (Phi) is 7.90. The predicted molar refractivity (Wildman–Crippen MR) is 168 cm³/mol. The molecule has 1 aliphatic carbocycles. The van der Waals surface area contributed by atoms with Crippen LogP contribution in [0.1, 0.15) is 29.2 Å². The molecule has 0 N–H and O–H groups in total. The molecule has 2 atom stereocenters. The molecule has 0 saturated heterocycles. The first-order valence-corrected chi connectivity index (χ1v) is 16.0. The summed E-state index contributed by atoms with van der Waals surface area (Å²) in [6.07, 6.45) is 7.21. The predicted octanol–water partition coefficient (Wildman–Crippen LogP) is 7.74. The summed E-state index contributed by atoms with van der Waals surface area (Å²) in [6.45, 7) is 11.4. The molecule has 37 heavy (non-hydrogen) atoms. The third-order valence-corrected chi connectivity index (χ3v) is 12.5. The average molecular weight is 519 g/mol. The monoisotopic (exact) mass is 518 g/mol. The van der Waals surface area contributed by atoms with E-state index in [1.54, 1.807) is 5.57 Å². The first kappa shape index (κ1) is 25.9. The van der Waals surface area contributed by atoms with Crippen LogP contribution in [0.2, 0.25) is 0 Å². The van der Waals surface area contributed by atoms with Gasteiger partial charge in [0.15, 0.2) is 0 Å². The number of hydrogen-bond donors (Lipinski definition) is 0. The average Bonchev–Trinajstić information content (AvgIpc) is 3.34. The molecule has 0 spiro atoms. The smallest absolute Gasteiger partial charge is 0.0273 e. The summed E-state index contributed by atoms with van der Waals surface area (Å²) in [6, 6.07) is 36.6. The SMILES string of the molecule is Cc1cc(C)cc(P(c2cc(C)cc(C)c2)C(C)C2=CC=C[C@H]2P(c2ccccc2)c2ccccc2)c1. The van der Waals surface area contributed by atoms with Crippen LogP contribution in [0.3, 0.4) is 0 Å². The van der Waals surface area contributed by atoms with Crippen molar-refractivity contribution in [2.24, 2.45) is 0 Å². The molecule has 0 aromatic heterocycles. The molecule has 5 rings (SSSR count). The Morgan fingerprint density at radius 2 is 1.00 bits per heavy atom. The number of allylic oxidation sites excluding steroid dienone is 4. The molecule has 0 amide bonds. The lowest BCUT2D eigenvalue weighted by atomic mass is 10.1. The van der Waals surface area contributed by atoms with Gasteiger partial charge in [-0.3, -0.25) is 0 Å². The minimum atomic E-state index is -0.575. The van der Waals surface area contributed by atoms with Gasteiger partial charge in [0, 0.05) is 11.3 Å². The van der Waals surface area contributed by atoms with Crippen LogP contribution in [-0.4, -0.2) is 11.3 Å². The van der Waals surface area contributed by atoms with Crippen molar-refractivity contribution in [1.82, 2.24) is 0 Å². The van der Waals surface area contributed by atoms with E-state index in [4.69, 9.17) is 0 Å². The maximum atomic E-state index is 2.48. The molecule has 4 aromatic rings. The van der Waals surface area contributed by atoms with E-state index in [2.05, 4.69) is 150 Å². The van der Waals surface area contributed by atoms with E-state index < -0.39 is 15.8 Å². The highest BCUT2D eigenvalue weighted by Crippen LogP contribution is 2.52. The van der Waals surface area contributed by atoms with Gasteiger partial charge in [0.1, 0.15) is 0 Å². The first-order chi connectivity index (χ1) is 17.9. The molecule has 0 heterocycles. The van der Waals surface area contributed by atoms with Gasteiger partial charge < -0.3 is 0 Å². The fourth-order valence-corrected chi connectivity index (χ4v) is 11.7. The van der Waals surface area contributed by atoms with E-state index in [-0.39, 0.29) is 0 Å². The van der Waals surface area contributed by atoms with Gasteiger partial charge >= 0.3 is 0 Å². The maximum Gasteiger partial charge on any atom is 0.0273 e. The molecule has 1 unspecified atom stereocenters. The summed E-state index contributed by atoms with van der Waals surface area (Å²) in [5.74, 6) is 0.